The number of aromatic nitrogens is 2. The van der Waals surface area contributed by atoms with Crippen LogP contribution in [0.5, 0.6) is 0 Å². The number of hydrogen-bond acceptors (Lipinski definition) is 5. The van der Waals surface area contributed by atoms with Crippen LogP contribution < -0.4 is 5.32 Å². The highest BCUT2D eigenvalue weighted by Crippen LogP contribution is 2.28. The average Bonchev–Trinajstić information content (AvgIpc) is 3.13. The van der Waals surface area contributed by atoms with Crippen LogP contribution in [0.1, 0.15) is 22.2 Å². The zero-order chi connectivity index (χ0) is 17.1. The van der Waals surface area contributed by atoms with Gasteiger partial charge in [-0.15, -0.1) is 11.3 Å². The van der Waals surface area contributed by atoms with Crippen LogP contribution in [0.4, 0.5) is 5.69 Å². The molecule has 0 unspecified atom stereocenters. The van der Waals surface area contributed by atoms with E-state index in [2.05, 4.69) is 10.4 Å². The van der Waals surface area contributed by atoms with Gasteiger partial charge in [-0.05, 0) is 49.1 Å². The second kappa shape index (κ2) is 6.84. The summed E-state index contributed by atoms with van der Waals surface area (Å²) < 4.78 is 7.57. The number of anilines is 1. The number of carbonyl (C=O) groups excluding carboxylic acids is 2. The maximum absolute atomic E-state index is 12.1. The van der Waals surface area contributed by atoms with Gasteiger partial charge in [-0.2, -0.15) is 5.10 Å². The van der Waals surface area contributed by atoms with Gasteiger partial charge in [-0.1, -0.05) is 0 Å². The Labute approximate surface area is 143 Å². The minimum Gasteiger partial charge on any atom is -0.462 e. The predicted molar refractivity (Wildman–Crippen MR) is 93.4 cm³/mol. The van der Waals surface area contributed by atoms with Gasteiger partial charge < -0.3 is 10.1 Å². The van der Waals surface area contributed by atoms with Crippen LogP contribution in [-0.2, 0) is 16.1 Å². The highest BCUT2D eigenvalue weighted by atomic mass is 32.1. The second-order valence-corrected chi connectivity index (χ2v) is 6.43. The molecule has 1 aromatic carbocycles. The molecule has 3 rings (SSSR count). The number of nitrogens with zero attached hydrogens (tertiary/aromatic N) is 2. The van der Waals surface area contributed by atoms with Gasteiger partial charge in [0.1, 0.15) is 11.4 Å². The molecule has 1 amide bonds. The predicted octanol–water partition coefficient (Wildman–Crippen LogP) is 3.22. The van der Waals surface area contributed by atoms with Gasteiger partial charge in [-0.3, -0.25) is 9.48 Å². The lowest BCUT2D eigenvalue weighted by atomic mass is 10.2. The topological polar surface area (TPSA) is 73.2 Å². The summed E-state index contributed by atoms with van der Waals surface area (Å²) in [7, 11) is 0. The number of carbonyl (C=O) groups is 2. The maximum atomic E-state index is 12.1. The van der Waals surface area contributed by atoms with Gasteiger partial charge in [0, 0.05) is 16.6 Å². The monoisotopic (exact) mass is 343 g/mol. The quantitative estimate of drug-likeness (QED) is 0.722. The highest BCUT2D eigenvalue weighted by molar-refractivity contribution is 7.20. The zero-order valence-electron chi connectivity index (χ0n) is 13.4. The van der Waals surface area contributed by atoms with Crippen molar-refractivity contribution in [3.05, 3.63) is 47.1 Å². The molecule has 0 fully saturated rings. The number of aryl methyl sites for hydroxylation is 1. The van der Waals surface area contributed by atoms with E-state index in [0.717, 1.165) is 15.6 Å². The number of thiophene rings is 1. The van der Waals surface area contributed by atoms with Crippen LogP contribution in [0, 0.1) is 6.92 Å². The van der Waals surface area contributed by atoms with E-state index < -0.39 is 0 Å². The molecular formula is C17H17N3O3S. The van der Waals surface area contributed by atoms with Crippen molar-refractivity contribution in [2.75, 3.05) is 11.9 Å². The molecule has 0 spiro atoms. The lowest BCUT2D eigenvalue weighted by Gasteiger charge is -2.05. The molecule has 7 heteroatoms. The number of fused-ring (bicyclic) bond motifs is 1. The molecule has 2 aromatic heterocycles. The van der Waals surface area contributed by atoms with Crippen LogP contribution >= 0.6 is 11.3 Å². The fraction of sp³-hybridized carbons (Fsp3) is 0.235. The van der Waals surface area contributed by atoms with Crippen molar-refractivity contribution in [1.29, 1.82) is 0 Å². The minimum atomic E-state index is -0.321. The Bertz CT molecular complexity index is 898. The second-order valence-electron chi connectivity index (χ2n) is 5.35. The van der Waals surface area contributed by atoms with Crippen molar-refractivity contribution in [2.24, 2.45) is 0 Å². The summed E-state index contributed by atoms with van der Waals surface area (Å²) in [6.45, 7) is 4.21. The third kappa shape index (κ3) is 3.62. The summed E-state index contributed by atoms with van der Waals surface area (Å²) in [4.78, 5) is 24.4. The van der Waals surface area contributed by atoms with E-state index in [0.29, 0.717) is 17.2 Å². The molecule has 2 heterocycles. The van der Waals surface area contributed by atoms with Gasteiger partial charge in [-0.25, -0.2) is 4.79 Å². The maximum Gasteiger partial charge on any atom is 0.348 e. The summed E-state index contributed by atoms with van der Waals surface area (Å²) in [5, 5.41) is 7.84. The van der Waals surface area contributed by atoms with Gasteiger partial charge in [0.25, 0.3) is 0 Å². The van der Waals surface area contributed by atoms with Crippen molar-refractivity contribution >= 4 is 39.0 Å². The highest BCUT2D eigenvalue weighted by Gasteiger charge is 2.12. The van der Waals surface area contributed by atoms with E-state index in [9.17, 15) is 9.59 Å². The van der Waals surface area contributed by atoms with Crippen LogP contribution in [0.2, 0.25) is 0 Å². The molecular weight excluding hydrogens is 326 g/mol. The van der Waals surface area contributed by atoms with E-state index in [1.165, 1.54) is 11.3 Å². The largest absolute Gasteiger partial charge is 0.462 e. The SMILES string of the molecule is CCOC(=O)c1cc2cc(NC(=O)Cn3cc(C)cn3)ccc2s1. The van der Waals surface area contributed by atoms with Gasteiger partial charge in [0.05, 0.1) is 12.8 Å². The molecule has 0 saturated carbocycles. The van der Waals surface area contributed by atoms with Crippen molar-refractivity contribution in [2.45, 2.75) is 20.4 Å². The normalized spacial score (nSPS) is 10.8. The molecule has 0 saturated heterocycles. The first-order chi connectivity index (χ1) is 11.5. The Morgan fingerprint density at radius 2 is 2.17 bits per heavy atom. The first kappa shape index (κ1) is 16.2. The van der Waals surface area contributed by atoms with Crippen molar-refractivity contribution in [3.63, 3.8) is 0 Å². The molecule has 0 bridgehead atoms. The Kier molecular flexibility index (Phi) is 4.61. The third-order valence-corrected chi connectivity index (χ3v) is 4.44. The molecule has 6 nitrogen and oxygen atoms in total. The van der Waals surface area contributed by atoms with Crippen LogP contribution in [-0.4, -0.2) is 28.3 Å². The Balaban J connectivity index is 1.73. The molecule has 0 aliphatic carbocycles. The zero-order valence-corrected chi connectivity index (χ0v) is 14.2. The Morgan fingerprint density at radius 1 is 1.33 bits per heavy atom. The number of ether oxygens (including phenoxy) is 1. The number of esters is 1. The number of amides is 1. The van der Waals surface area contributed by atoms with E-state index in [1.54, 1.807) is 23.9 Å². The summed E-state index contributed by atoms with van der Waals surface area (Å²) in [6, 6.07) is 7.34. The van der Waals surface area contributed by atoms with E-state index in [-0.39, 0.29) is 18.4 Å². The standard InChI is InChI=1S/C17H17N3O3S/c1-3-23-17(22)15-7-12-6-13(4-5-14(12)24-15)19-16(21)10-20-9-11(2)8-18-20/h4-9H,3,10H2,1-2H3,(H,19,21). The summed E-state index contributed by atoms with van der Waals surface area (Å²) in [5.74, 6) is -0.475. The van der Waals surface area contributed by atoms with Gasteiger partial charge >= 0.3 is 5.97 Å². The van der Waals surface area contributed by atoms with Gasteiger partial charge in [0.2, 0.25) is 5.91 Å². The molecule has 3 aromatic rings. The molecule has 1 N–H and O–H groups in total. The first-order valence-corrected chi connectivity index (χ1v) is 8.36. The smallest absolute Gasteiger partial charge is 0.348 e. The van der Waals surface area contributed by atoms with Crippen molar-refractivity contribution < 1.29 is 14.3 Å². The minimum absolute atomic E-state index is 0.154. The van der Waals surface area contributed by atoms with Gasteiger partial charge in [0.15, 0.2) is 0 Å². The fourth-order valence-electron chi connectivity index (χ4n) is 2.33. The molecule has 24 heavy (non-hydrogen) atoms. The lowest BCUT2D eigenvalue weighted by Crippen LogP contribution is -2.18. The number of hydrogen-bond donors (Lipinski definition) is 1. The molecule has 124 valence electrons. The van der Waals surface area contributed by atoms with Crippen LogP contribution in [0.15, 0.2) is 36.7 Å². The summed E-state index contributed by atoms with van der Waals surface area (Å²) in [5.41, 5.74) is 1.69. The van der Waals surface area contributed by atoms with E-state index in [4.69, 9.17) is 4.74 Å². The number of benzene rings is 1. The number of nitrogens with one attached hydrogen (secondary N) is 1. The number of rotatable bonds is 5. The molecule has 0 aliphatic rings. The first-order valence-electron chi connectivity index (χ1n) is 7.55. The average molecular weight is 343 g/mol. The fourth-order valence-corrected chi connectivity index (χ4v) is 3.26. The van der Waals surface area contributed by atoms with Crippen molar-refractivity contribution in [3.8, 4) is 0 Å². The van der Waals surface area contributed by atoms with E-state index in [1.807, 2.05) is 31.3 Å². The third-order valence-electron chi connectivity index (χ3n) is 3.34. The Hall–Kier alpha value is -2.67. The molecule has 0 radical (unpaired) electrons. The van der Waals surface area contributed by atoms with Crippen LogP contribution in [0.25, 0.3) is 10.1 Å². The molecule has 0 aliphatic heterocycles. The lowest BCUT2D eigenvalue weighted by molar-refractivity contribution is -0.116. The molecule has 0 atom stereocenters. The van der Waals surface area contributed by atoms with Crippen LogP contribution in [0.3, 0.4) is 0 Å². The summed E-state index contributed by atoms with van der Waals surface area (Å²) >= 11 is 1.38. The van der Waals surface area contributed by atoms with Crippen molar-refractivity contribution in [1.82, 2.24) is 9.78 Å². The van der Waals surface area contributed by atoms with E-state index >= 15 is 0 Å². The Morgan fingerprint density at radius 3 is 2.88 bits per heavy atom. The summed E-state index contributed by atoms with van der Waals surface area (Å²) in [6.07, 6.45) is 3.52.